The lowest BCUT2D eigenvalue weighted by Gasteiger charge is -2.16. The summed E-state index contributed by atoms with van der Waals surface area (Å²) >= 11 is 3.50. The van der Waals surface area contributed by atoms with Crippen molar-refractivity contribution >= 4 is 21.9 Å². The number of aromatic carboxylic acids is 1. The summed E-state index contributed by atoms with van der Waals surface area (Å²) in [6, 6.07) is 6.86. The SMILES string of the molecule is CC(C)(Br)c1ccc(C(=O)O)cc1. The Morgan fingerprint density at radius 3 is 2.08 bits per heavy atom. The van der Waals surface area contributed by atoms with E-state index >= 15 is 0 Å². The maximum Gasteiger partial charge on any atom is 0.335 e. The summed E-state index contributed by atoms with van der Waals surface area (Å²) in [4.78, 5) is 10.6. The zero-order chi connectivity index (χ0) is 10.1. The third kappa shape index (κ3) is 2.56. The van der Waals surface area contributed by atoms with Crippen LogP contribution in [0.3, 0.4) is 0 Å². The Balaban J connectivity index is 3.01. The quantitative estimate of drug-likeness (QED) is 0.810. The summed E-state index contributed by atoms with van der Waals surface area (Å²) in [7, 11) is 0. The monoisotopic (exact) mass is 242 g/mol. The second kappa shape index (κ2) is 3.50. The fraction of sp³-hybridized carbons (Fsp3) is 0.300. The van der Waals surface area contributed by atoms with Crippen LogP contribution in [0.2, 0.25) is 0 Å². The highest BCUT2D eigenvalue weighted by molar-refractivity contribution is 9.09. The minimum absolute atomic E-state index is 0.107. The first-order chi connectivity index (χ1) is 5.91. The average Bonchev–Trinajstić information content (AvgIpc) is 2.03. The molecule has 0 saturated heterocycles. The Morgan fingerprint density at radius 2 is 1.77 bits per heavy atom. The van der Waals surface area contributed by atoms with Crippen molar-refractivity contribution < 1.29 is 9.90 Å². The van der Waals surface area contributed by atoms with Crippen molar-refractivity contribution in [2.75, 3.05) is 0 Å². The molecule has 1 aromatic carbocycles. The molecule has 0 atom stereocenters. The zero-order valence-electron chi connectivity index (χ0n) is 7.54. The molecule has 0 unspecified atom stereocenters. The second-order valence-corrected chi connectivity index (χ2v) is 5.34. The number of carboxylic acid groups (broad SMARTS) is 1. The van der Waals surface area contributed by atoms with Gasteiger partial charge in [-0.3, -0.25) is 0 Å². The maximum absolute atomic E-state index is 10.6. The molecular formula is C10H11BrO2. The van der Waals surface area contributed by atoms with E-state index in [0.717, 1.165) is 5.56 Å². The van der Waals surface area contributed by atoms with Crippen LogP contribution in [-0.2, 0) is 4.32 Å². The number of carbonyl (C=O) groups is 1. The minimum atomic E-state index is -0.890. The number of hydrogen-bond donors (Lipinski definition) is 1. The molecule has 0 aliphatic carbocycles. The van der Waals surface area contributed by atoms with Crippen LogP contribution >= 0.6 is 15.9 Å². The molecule has 0 heterocycles. The average molecular weight is 243 g/mol. The topological polar surface area (TPSA) is 37.3 Å². The van der Waals surface area contributed by atoms with Gasteiger partial charge in [0.15, 0.2) is 0 Å². The van der Waals surface area contributed by atoms with Crippen molar-refractivity contribution in [3.63, 3.8) is 0 Å². The molecule has 0 bridgehead atoms. The molecule has 0 fully saturated rings. The van der Waals surface area contributed by atoms with E-state index in [0.29, 0.717) is 5.56 Å². The largest absolute Gasteiger partial charge is 0.478 e. The van der Waals surface area contributed by atoms with E-state index in [1.54, 1.807) is 12.1 Å². The first-order valence-electron chi connectivity index (χ1n) is 3.94. The molecule has 2 nitrogen and oxygen atoms in total. The minimum Gasteiger partial charge on any atom is -0.478 e. The van der Waals surface area contributed by atoms with Gasteiger partial charge in [-0.2, -0.15) is 0 Å². The van der Waals surface area contributed by atoms with Gasteiger partial charge in [-0.05, 0) is 31.5 Å². The summed E-state index contributed by atoms with van der Waals surface area (Å²) in [6.07, 6.45) is 0. The highest BCUT2D eigenvalue weighted by atomic mass is 79.9. The molecule has 0 amide bonds. The van der Waals surface area contributed by atoms with Gasteiger partial charge in [-0.1, -0.05) is 28.1 Å². The van der Waals surface area contributed by atoms with E-state index in [-0.39, 0.29) is 4.32 Å². The molecule has 13 heavy (non-hydrogen) atoms. The van der Waals surface area contributed by atoms with Crippen LogP contribution in [-0.4, -0.2) is 11.1 Å². The van der Waals surface area contributed by atoms with Crippen LogP contribution in [0.1, 0.15) is 29.8 Å². The first kappa shape index (κ1) is 10.3. The van der Waals surface area contributed by atoms with Gasteiger partial charge in [0.05, 0.1) is 5.56 Å². The van der Waals surface area contributed by atoms with Crippen molar-refractivity contribution in [1.29, 1.82) is 0 Å². The van der Waals surface area contributed by atoms with E-state index in [1.165, 1.54) is 0 Å². The number of hydrogen-bond acceptors (Lipinski definition) is 1. The molecule has 3 heteroatoms. The summed E-state index contributed by atoms with van der Waals surface area (Å²) < 4.78 is -0.107. The standard InChI is InChI=1S/C10H11BrO2/c1-10(2,11)8-5-3-7(4-6-8)9(12)13/h3-6H,1-2H3,(H,12,13). The van der Waals surface area contributed by atoms with Crippen LogP contribution < -0.4 is 0 Å². The Kier molecular flexibility index (Phi) is 2.76. The number of halogens is 1. The van der Waals surface area contributed by atoms with E-state index in [9.17, 15) is 4.79 Å². The lowest BCUT2D eigenvalue weighted by atomic mass is 10.0. The highest BCUT2D eigenvalue weighted by Crippen LogP contribution is 2.29. The Labute approximate surface area is 85.7 Å². The molecule has 70 valence electrons. The molecule has 0 aromatic heterocycles. The van der Waals surface area contributed by atoms with Crippen molar-refractivity contribution in [2.45, 2.75) is 18.2 Å². The Hall–Kier alpha value is -0.830. The first-order valence-corrected chi connectivity index (χ1v) is 4.73. The van der Waals surface area contributed by atoms with Gasteiger partial charge < -0.3 is 5.11 Å². The summed E-state index contributed by atoms with van der Waals surface area (Å²) in [6.45, 7) is 4.03. The van der Waals surface area contributed by atoms with Gasteiger partial charge in [0, 0.05) is 4.32 Å². The van der Waals surface area contributed by atoms with Crippen molar-refractivity contribution in [3.05, 3.63) is 35.4 Å². The molecule has 0 saturated carbocycles. The fourth-order valence-corrected chi connectivity index (χ4v) is 1.27. The summed E-state index contributed by atoms with van der Waals surface area (Å²) in [5.74, 6) is -0.890. The van der Waals surface area contributed by atoms with Gasteiger partial charge >= 0.3 is 5.97 Å². The van der Waals surface area contributed by atoms with Crippen LogP contribution in [0.25, 0.3) is 0 Å². The van der Waals surface area contributed by atoms with E-state index in [1.807, 2.05) is 26.0 Å². The number of carboxylic acids is 1. The second-order valence-electron chi connectivity index (χ2n) is 3.35. The molecule has 1 rings (SSSR count). The lowest BCUT2D eigenvalue weighted by molar-refractivity contribution is 0.0697. The maximum atomic E-state index is 10.6. The van der Waals surface area contributed by atoms with Gasteiger partial charge in [0.25, 0.3) is 0 Å². The van der Waals surface area contributed by atoms with Gasteiger partial charge in [0.1, 0.15) is 0 Å². The van der Waals surface area contributed by atoms with Crippen molar-refractivity contribution in [1.82, 2.24) is 0 Å². The predicted octanol–water partition coefficient (Wildman–Crippen LogP) is 3.01. The molecular weight excluding hydrogens is 232 g/mol. The van der Waals surface area contributed by atoms with Crippen molar-refractivity contribution in [3.8, 4) is 0 Å². The molecule has 1 aromatic rings. The predicted molar refractivity (Wildman–Crippen MR) is 55.4 cm³/mol. The number of benzene rings is 1. The fourth-order valence-electron chi connectivity index (χ4n) is 1.01. The summed E-state index contributed by atoms with van der Waals surface area (Å²) in [5, 5.41) is 8.67. The van der Waals surface area contributed by atoms with E-state index < -0.39 is 5.97 Å². The van der Waals surface area contributed by atoms with Crippen LogP contribution in [0, 0.1) is 0 Å². The van der Waals surface area contributed by atoms with Crippen LogP contribution in [0.15, 0.2) is 24.3 Å². The Morgan fingerprint density at radius 1 is 1.31 bits per heavy atom. The summed E-state index contributed by atoms with van der Waals surface area (Å²) in [5.41, 5.74) is 1.39. The van der Waals surface area contributed by atoms with Crippen LogP contribution in [0.5, 0.6) is 0 Å². The molecule has 0 radical (unpaired) electrons. The zero-order valence-corrected chi connectivity index (χ0v) is 9.13. The van der Waals surface area contributed by atoms with E-state index in [2.05, 4.69) is 15.9 Å². The molecule has 0 aliphatic heterocycles. The highest BCUT2D eigenvalue weighted by Gasteiger charge is 2.15. The molecule has 1 N–H and O–H groups in total. The van der Waals surface area contributed by atoms with Crippen molar-refractivity contribution in [2.24, 2.45) is 0 Å². The Bertz CT molecular complexity index is 309. The molecule has 0 spiro atoms. The third-order valence-electron chi connectivity index (χ3n) is 1.82. The number of alkyl halides is 1. The van der Waals surface area contributed by atoms with E-state index in [4.69, 9.17) is 5.11 Å². The third-order valence-corrected chi connectivity index (χ3v) is 2.28. The van der Waals surface area contributed by atoms with Crippen LogP contribution in [0.4, 0.5) is 0 Å². The smallest absolute Gasteiger partial charge is 0.335 e. The van der Waals surface area contributed by atoms with Gasteiger partial charge in [-0.25, -0.2) is 4.79 Å². The number of rotatable bonds is 2. The van der Waals surface area contributed by atoms with Gasteiger partial charge in [0.2, 0.25) is 0 Å². The lowest BCUT2D eigenvalue weighted by Crippen LogP contribution is -2.07. The van der Waals surface area contributed by atoms with Gasteiger partial charge in [-0.15, -0.1) is 0 Å². The normalized spacial score (nSPS) is 11.3. The molecule has 0 aliphatic rings.